The molecule has 2 aromatic carbocycles. The van der Waals surface area contributed by atoms with Crippen LogP contribution in [0.25, 0.3) is 0 Å². The molecule has 0 amide bonds. The highest BCUT2D eigenvalue weighted by atomic mass is 79.9. The SMILES string of the molecule is Fc1ccc(SCc2cccc(F)c2Br)c(F)c1. The first-order valence-electron chi connectivity index (χ1n) is 5.08. The predicted molar refractivity (Wildman–Crippen MR) is 70.0 cm³/mol. The Balaban J connectivity index is 2.14. The molecule has 0 saturated carbocycles. The van der Waals surface area contributed by atoms with Gasteiger partial charge < -0.3 is 0 Å². The van der Waals surface area contributed by atoms with Crippen LogP contribution in [0.4, 0.5) is 13.2 Å². The first kappa shape index (κ1) is 13.5. The van der Waals surface area contributed by atoms with Gasteiger partial charge in [-0.3, -0.25) is 0 Å². The second-order valence-electron chi connectivity index (χ2n) is 3.58. The van der Waals surface area contributed by atoms with E-state index in [-0.39, 0.29) is 5.82 Å². The van der Waals surface area contributed by atoms with E-state index in [4.69, 9.17) is 0 Å². The van der Waals surface area contributed by atoms with E-state index in [1.165, 1.54) is 30.0 Å². The van der Waals surface area contributed by atoms with Gasteiger partial charge in [0, 0.05) is 16.7 Å². The summed E-state index contributed by atoms with van der Waals surface area (Å²) in [5.41, 5.74) is 0.726. The van der Waals surface area contributed by atoms with Crippen molar-refractivity contribution in [2.75, 3.05) is 0 Å². The summed E-state index contributed by atoms with van der Waals surface area (Å²) in [5, 5.41) is 0. The van der Waals surface area contributed by atoms with Crippen LogP contribution in [-0.4, -0.2) is 0 Å². The average Bonchev–Trinajstić information content (AvgIpc) is 2.33. The Morgan fingerprint density at radius 2 is 1.78 bits per heavy atom. The van der Waals surface area contributed by atoms with Gasteiger partial charge in [-0.2, -0.15) is 0 Å². The highest BCUT2D eigenvalue weighted by Crippen LogP contribution is 2.30. The fraction of sp³-hybridized carbons (Fsp3) is 0.0769. The lowest BCUT2D eigenvalue weighted by Crippen LogP contribution is -1.88. The summed E-state index contributed by atoms with van der Waals surface area (Å²) in [6.45, 7) is 0. The normalized spacial score (nSPS) is 10.7. The van der Waals surface area contributed by atoms with Crippen LogP contribution in [0.5, 0.6) is 0 Å². The molecule has 0 unspecified atom stereocenters. The van der Waals surface area contributed by atoms with Gasteiger partial charge in [-0.1, -0.05) is 12.1 Å². The van der Waals surface area contributed by atoms with Crippen molar-refractivity contribution in [1.29, 1.82) is 0 Å². The second-order valence-corrected chi connectivity index (χ2v) is 5.39. The van der Waals surface area contributed by atoms with Crippen LogP contribution in [0.3, 0.4) is 0 Å². The van der Waals surface area contributed by atoms with Gasteiger partial charge in [0.25, 0.3) is 0 Å². The molecule has 0 N–H and O–H groups in total. The maximum Gasteiger partial charge on any atom is 0.139 e. The van der Waals surface area contributed by atoms with Crippen molar-refractivity contribution in [2.24, 2.45) is 0 Å². The molecule has 0 nitrogen and oxygen atoms in total. The quantitative estimate of drug-likeness (QED) is 0.699. The van der Waals surface area contributed by atoms with E-state index in [1.54, 1.807) is 12.1 Å². The third kappa shape index (κ3) is 3.09. The van der Waals surface area contributed by atoms with Gasteiger partial charge in [-0.25, -0.2) is 13.2 Å². The van der Waals surface area contributed by atoms with E-state index in [0.29, 0.717) is 15.1 Å². The minimum absolute atomic E-state index is 0.340. The Kier molecular flexibility index (Phi) is 4.35. The van der Waals surface area contributed by atoms with Gasteiger partial charge in [0.15, 0.2) is 0 Å². The van der Waals surface area contributed by atoms with Crippen molar-refractivity contribution >= 4 is 27.7 Å². The summed E-state index contributed by atoms with van der Waals surface area (Å²) in [6.07, 6.45) is 0. The third-order valence-electron chi connectivity index (χ3n) is 2.31. The van der Waals surface area contributed by atoms with Crippen molar-refractivity contribution in [3.8, 4) is 0 Å². The van der Waals surface area contributed by atoms with E-state index < -0.39 is 11.6 Å². The number of halogens is 4. The molecular weight excluding hydrogens is 325 g/mol. The van der Waals surface area contributed by atoms with E-state index in [2.05, 4.69) is 15.9 Å². The molecule has 0 aliphatic rings. The Bertz CT molecular complexity index is 572. The van der Waals surface area contributed by atoms with Crippen LogP contribution < -0.4 is 0 Å². The maximum atomic E-state index is 13.4. The van der Waals surface area contributed by atoms with Gasteiger partial charge in [-0.15, -0.1) is 11.8 Å². The monoisotopic (exact) mass is 332 g/mol. The van der Waals surface area contributed by atoms with E-state index >= 15 is 0 Å². The molecule has 2 rings (SSSR count). The van der Waals surface area contributed by atoms with Crippen LogP contribution in [0.15, 0.2) is 45.8 Å². The molecule has 18 heavy (non-hydrogen) atoms. The lowest BCUT2D eigenvalue weighted by atomic mass is 10.2. The van der Waals surface area contributed by atoms with Crippen LogP contribution in [0, 0.1) is 17.5 Å². The van der Waals surface area contributed by atoms with Gasteiger partial charge >= 0.3 is 0 Å². The van der Waals surface area contributed by atoms with Crippen molar-refractivity contribution < 1.29 is 13.2 Å². The molecule has 5 heteroatoms. The molecule has 0 spiro atoms. The average molecular weight is 333 g/mol. The molecule has 0 saturated heterocycles. The van der Waals surface area contributed by atoms with Crippen molar-refractivity contribution in [2.45, 2.75) is 10.6 Å². The fourth-order valence-electron chi connectivity index (χ4n) is 1.41. The zero-order valence-corrected chi connectivity index (χ0v) is 11.5. The van der Waals surface area contributed by atoms with Crippen molar-refractivity contribution in [1.82, 2.24) is 0 Å². The molecule has 0 bridgehead atoms. The summed E-state index contributed by atoms with van der Waals surface area (Å²) >= 11 is 4.34. The Morgan fingerprint density at radius 1 is 1.00 bits per heavy atom. The molecule has 2 aromatic rings. The molecule has 0 aliphatic carbocycles. The van der Waals surface area contributed by atoms with Gasteiger partial charge in [-0.05, 0) is 39.7 Å². The molecule has 0 aliphatic heterocycles. The molecule has 94 valence electrons. The molecule has 0 heterocycles. The highest BCUT2D eigenvalue weighted by molar-refractivity contribution is 9.10. The first-order valence-corrected chi connectivity index (χ1v) is 6.86. The lowest BCUT2D eigenvalue weighted by Gasteiger charge is -2.06. The zero-order chi connectivity index (χ0) is 13.1. The maximum absolute atomic E-state index is 13.4. The number of thioether (sulfide) groups is 1. The van der Waals surface area contributed by atoms with E-state index in [1.807, 2.05) is 0 Å². The standard InChI is InChI=1S/C13H8BrF3S/c14-13-8(2-1-3-10(13)16)7-18-12-5-4-9(15)6-11(12)17/h1-6H,7H2. The summed E-state index contributed by atoms with van der Waals surface area (Å²) < 4.78 is 39.7. The summed E-state index contributed by atoms with van der Waals surface area (Å²) in [7, 11) is 0. The molecular formula is C13H8BrF3S. The topological polar surface area (TPSA) is 0 Å². The predicted octanol–water partition coefficient (Wildman–Crippen LogP) is 5.16. The van der Waals surface area contributed by atoms with Gasteiger partial charge in [0.05, 0.1) is 4.47 Å². The van der Waals surface area contributed by atoms with Crippen LogP contribution in [0.2, 0.25) is 0 Å². The number of hydrogen-bond acceptors (Lipinski definition) is 1. The Labute approximate surface area is 115 Å². The minimum atomic E-state index is -0.608. The van der Waals surface area contributed by atoms with Crippen molar-refractivity contribution in [3.05, 3.63) is 63.9 Å². The third-order valence-corrected chi connectivity index (χ3v) is 4.29. The largest absolute Gasteiger partial charge is 0.207 e. The summed E-state index contributed by atoms with van der Waals surface area (Å²) in [6, 6.07) is 8.10. The first-order chi connectivity index (χ1) is 8.58. The molecule has 0 atom stereocenters. The molecule has 0 fully saturated rings. The lowest BCUT2D eigenvalue weighted by molar-refractivity contribution is 0.565. The van der Waals surface area contributed by atoms with Gasteiger partial charge in [0.1, 0.15) is 17.5 Å². The van der Waals surface area contributed by atoms with E-state index in [0.717, 1.165) is 11.6 Å². The second kappa shape index (κ2) is 5.80. The fourth-order valence-corrected chi connectivity index (χ4v) is 2.91. The van der Waals surface area contributed by atoms with Crippen molar-refractivity contribution in [3.63, 3.8) is 0 Å². The smallest absolute Gasteiger partial charge is 0.139 e. The molecule has 0 aromatic heterocycles. The number of benzene rings is 2. The minimum Gasteiger partial charge on any atom is -0.207 e. The number of rotatable bonds is 3. The molecule has 0 radical (unpaired) electrons. The Hall–Kier alpha value is -0.940. The Morgan fingerprint density at radius 3 is 2.50 bits per heavy atom. The summed E-state index contributed by atoms with van der Waals surface area (Å²) in [4.78, 5) is 0.340. The van der Waals surface area contributed by atoms with Crippen LogP contribution in [-0.2, 0) is 5.75 Å². The van der Waals surface area contributed by atoms with Gasteiger partial charge in [0.2, 0.25) is 0 Å². The zero-order valence-electron chi connectivity index (χ0n) is 9.09. The van der Waals surface area contributed by atoms with E-state index in [9.17, 15) is 13.2 Å². The highest BCUT2D eigenvalue weighted by Gasteiger charge is 2.08. The van der Waals surface area contributed by atoms with Crippen LogP contribution >= 0.6 is 27.7 Å². The number of hydrogen-bond donors (Lipinski definition) is 0. The van der Waals surface area contributed by atoms with Crippen LogP contribution in [0.1, 0.15) is 5.56 Å². The summed E-state index contributed by atoms with van der Waals surface area (Å²) in [5.74, 6) is -1.16.